The summed E-state index contributed by atoms with van der Waals surface area (Å²) in [5, 5.41) is 1.99. The highest BCUT2D eigenvalue weighted by Gasteiger charge is 2.44. The molecule has 0 spiro atoms. The average molecular weight is 495 g/mol. The lowest BCUT2D eigenvalue weighted by Gasteiger charge is -2.23. The van der Waals surface area contributed by atoms with Gasteiger partial charge in [0.25, 0.3) is 11.6 Å². The Labute approximate surface area is 188 Å². The number of ether oxygens (including phenoxy) is 1. The van der Waals surface area contributed by atoms with Gasteiger partial charge in [0.05, 0.1) is 17.9 Å². The van der Waals surface area contributed by atoms with Gasteiger partial charge in [0.2, 0.25) is 0 Å². The maximum absolute atomic E-state index is 13.3. The van der Waals surface area contributed by atoms with E-state index in [0.29, 0.717) is 5.75 Å². The molecule has 12 heteroatoms. The number of nitrogens with one attached hydrogen (secondary N) is 1. The Balaban J connectivity index is 2.82. The van der Waals surface area contributed by atoms with Crippen LogP contribution in [0.4, 0.5) is 32.0 Å². The molecule has 0 fully saturated rings. The van der Waals surface area contributed by atoms with Crippen molar-refractivity contribution in [2.75, 3.05) is 23.9 Å². The molecule has 0 heterocycles. The number of carbonyl (C=O) groups excluding carboxylic acids is 3. The van der Waals surface area contributed by atoms with Gasteiger partial charge in [-0.3, -0.25) is 9.59 Å². The van der Waals surface area contributed by atoms with Crippen molar-refractivity contribution in [1.29, 1.82) is 0 Å². The molecule has 1 N–H and O–H groups in total. The molecule has 5 nitrogen and oxygen atoms in total. The number of ketones is 2. The summed E-state index contributed by atoms with van der Waals surface area (Å²) >= 11 is 1.34. The van der Waals surface area contributed by atoms with E-state index >= 15 is 0 Å². The minimum absolute atomic E-state index is 0.0234. The van der Waals surface area contributed by atoms with Crippen molar-refractivity contribution in [3.8, 4) is 0 Å². The molecule has 1 unspecified atom stereocenters. The van der Waals surface area contributed by atoms with E-state index in [1.807, 2.05) is 0 Å². The zero-order chi connectivity index (χ0) is 25.0. The summed E-state index contributed by atoms with van der Waals surface area (Å²) in [6.07, 6.45) is -9.01. The van der Waals surface area contributed by atoms with Crippen LogP contribution in [0.15, 0.2) is 30.3 Å². The lowest BCUT2D eigenvalue weighted by Crippen LogP contribution is -2.34. The van der Waals surface area contributed by atoms with Crippen molar-refractivity contribution in [2.24, 2.45) is 0 Å². The molecule has 180 valence electrons. The number of anilines is 1. The third-order valence-corrected chi connectivity index (χ3v) is 5.19. The summed E-state index contributed by atoms with van der Waals surface area (Å²) < 4.78 is 84.3. The number of benzene rings is 2. The Kier molecular flexibility index (Phi) is 8.39. The monoisotopic (exact) mass is 495 g/mol. The molecule has 0 saturated heterocycles. The highest BCUT2D eigenvalue weighted by atomic mass is 32.2. The van der Waals surface area contributed by atoms with Crippen molar-refractivity contribution < 1.29 is 45.5 Å². The summed E-state index contributed by atoms with van der Waals surface area (Å²) in [4.78, 5) is 36.5. The third-order valence-electron chi connectivity index (χ3n) is 4.55. The van der Waals surface area contributed by atoms with Gasteiger partial charge >= 0.3 is 18.3 Å². The van der Waals surface area contributed by atoms with E-state index in [0.717, 1.165) is 12.1 Å². The number of halogens is 6. The summed E-state index contributed by atoms with van der Waals surface area (Å²) in [5.41, 5.74) is -2.81. The molecule has 0 saturated carbocycles. The lowest BCUT2D eigenvalue weighted by molar-refractivity contribution is -0.144. The number of hydrogen-bond donors (Lipinski definition) is 1. The molecule has 0 bridgehead atoms. The first-order chi connectivity index (χ1) is 15.3. The highest BCUT2D eigenvalue weighted by molar-refractivity contribution is 7.98. The van der Waals surface area contributed by atoms with Crippen LogP contribution < -0.4 is 5.32 Å². The summed E-state index contributed by atoms with van der Waals surface area (Å²) in [6.45, 7) is 1.50. The molecule has 0 aliphatic rings. The fourth-order valence-corrected chi connectivity index (χ4v) is 3.58. The van der Waals surface area contributed by atoms with Crippen molar-refractivity contribution in [3.05, 3.63) is 41.5 Å². The normalized spacial score (nSPS) is 13.0. The second-order valence-corrected chi connectivity index (χ2v) is 7.76. The van der Waals surface area contributed by atoms with Gasteiger partial charge in [-0.15, -0.1) is 0 Å². The molecule has 0 aliphatic carbocycles. The highest BCUT2D eigenvalue weighted by Crippen LogP contribution is 2.37. The summed E-state index contributed by atoms with van der Waals surface area (Å²) in [6, 6.07) is 3.97. The third kappa shape index (κ3) is 6.18. The predicted molar refractivity (Wildman–Crippen MR) is 112 cm³/mol. The van der Waals surface area contributed by atoms with E-state index in [2.05, 4.69) is 5.32 Å². The van der Waals surface area contributed by atoms with E-state index in [1.165, 1.54) is 30.8 Å². The number of alkyl halides is 6. The van der Waals surface area contributed by atoms with E-state index in [4.69, 9.17) is 4.74 Å². The SMILES string of the molecule is CCOC(=O)C(CCSC)Nc1c(C(=O)C(F)(F)F)cc(C(=O)C(F)(F)F)c2ccccc12. The van der Waals surface area contributed by atoms with Crippen molar-refractivity contribution in [2.45, 2.75) is 31.7 Å². The van der Waals surface area contributed by atoms with E-state index in [9.17, 15) is 40.7 Å². The molecular weight excluding hydrogens is 476 g/mol. The summed E-state index contributed by atoms with van der Waals surface area (Å²) in [5.74, 6) is -5.27. The molecule has 1 atom stereocenters. The maximum atomic E-state index is 13.3. The molecule has 0 aliphatic heterocycles. The van der Waals surface area contributed by atoms with Crippen LogP contribution in [0.25, 0.3) is 10.8 Å². The molecule has 2 aromatic rings. The van der Waals surface area contributed by atoms with Gasteiger partial charge in [-0.25, -0.2) is 4.79 Å². The van der Waals surface area contributed by atoms with Crippen molar-refractivity contribution in [1.82, 2.24) is 0 Å². The van der Waals surface area contributed by atoms with Gasteiger partial charge in [-0.05, 0) is 36.8 Å². The molecule has 33 heavy (non-hydrogen) atoms. The first kappa shape index (κ1) is 26.5. The Morgan fingerprint density at radius 2 is 1.52 bits per heavy atom. The van der Waals surface area contributed by atoms with Crippen LogP contribution in [-0.4, -0.2) is 54.5 Å². The van der Waals surface area contributed by atoms with E-state index in [-0.39, 0.29) is 29.9 Å². The van der Waals surface area contributed by atoms with Crippen molar-refractivity contribution in [3.63, 3.8) is 0 Å². The van der Waals surface area contributed by atoms with Crippen LogP contribution >= 0.6 is 11.8 Å². The number of fused-ring (bicyclic) bond motifs is 1. The quantitative estimate of drug-likeness (QED) is 0.284. The Hall–Kier alpha value is -2.76. The lowest BCUT2D eigenvalue weighted by atomic mass is 9.93. The molecule has 2 aromatic carbocycles. The average Bonchev–Trinajstić information content (AvgIpc) is 2.74. The number of rotatable bonds is 9. The van der Waals surface area contributed by atoms with E-state index < -0.39 is 52.7 Å². The number of Topliss-reactive ketones (excluding diaryl/α,β-unsaturated/α-hetero) is 2. The second-order valence-electron chi connectivity index (χ2n) is 6.78. The first-order valence-electron chi connectivity index (χ1n) is 9.53. The Bertz CT molecular complexity index is 1050. The Morgan fingerprint density at radius 1 is 0.970 bits per heavy atom. The predicted octanol–water partition coefficient (Wildman–Crippen LogP) is 5.43. The zero-order valence-corrected chi connectivity index (χ0v) is 18.2. The fraction of sp³-hybridized carbons (Fsp3) is 0.381. The van der Waals surface area contributed by atoms with Crippen LogP contribution in [0.1, 0.15) is 34.1 Å². The van der Waals surface area contributed by atoms with Gasteiger partial charge in [0.15, 0.2) is 0 Å². The van der Waals surface area contributed by atoms with Gasteiger partial charge in [-0.1, -0.05) is 24.3 Å². The minimum Gasteiger partial charge on any atom is -0.464 e. The number of hydrogen-bond acceptors (Lipinski definition) is 6. The minimum atomic E-state index is -5.45. The number of thioether (sulfide) groups is 1. The second kappa shape index (κ2) is 10.4. The number of esters is 1. The first-order valence-corrected chi connectivity index (χ1v) is 10.9. The summed E-state index contributed by atoms with van der Waals surface area (Å²) in [7, 11) is 0. The molecule has 0 amide bonds. The standard InChI is InChI=1S/C21H19F6NO4S/c1-3-32-19(31)15(8-9-33-2)28-16-12-7-5-4-6-11(12)13(17(29)20(22,23)24)10-14(16)18(30)21(25,26)27/h4-7,10,15,28H,3,8-9H2,1-2H3. The van der Waals surface area contributed by atoms with Gasteiger partial charge in [0.1, 0.15) is 6.04 Å². The smallest absolute Gasteiger partial charge is 0.454 e. The van der Waals surface area contributed by atoms with Crippen LogP contribution in [0.2, 0.25) is 0 Å². The molecular formula is C21H19F6NO4S. The number of carbonyl (C=O) groups is 3. The van der Waals surface area contributed by atoms with Crippen LogP contribution in [0, 0.1) is 0 Å². The largest absolute Gasteiger partial charge is 0.464 e. The topological polar surface area (TPSA) is 72.5 Å². The van der Waals surface area contributed by atoms with Crippen LogP contribution in [0.3, 0.4) is 0 Å². The van der Waals surface area contributed by atoms with Crippen LogP contribution in [-0.2, 0) is 9.53 Å². The zero-order valence-electron chi connectivity index (χ0n) is 17.4. The maximum Gasteiger partial charge on any atom is 0.454 e. The van der Waals surface area contributed by atoms with Crippen molar-refractivity contribution >= 4 is 45.8 Å². The molecule has 0 aromatic heterocycles. The fourth-order valence-electron chi connectivity index (χ4n) is 3.10. The molecule has 2 rings (SSSR count). The van der Waals surface area contributed by atoms with Gasteiger partial charge < -0.3 is 10.1 Å². The van der Waals surface area contributed by atoms with Crippen LogP contribution in [0.5, 0.6) is 0 Å². The van der Waals surface area contributed by atoms with Gasteiger partial charge in [0, 0.05) is 10.9 Å². The van der Waals surface area contributed by atoms with E-state index in [1.54, 1.807) is 6.26 Å². The Morgan fingerprint density at radius 3 is 2.03 bits per heavy atom. The molecule has 0 radical (unpaired) electrons. The van der Waals surface area contributed by atoms with Gasteiger partial charge in [-0.2, -0.15) is 38.1 Å².